The molecule has 2 atom stereocenters. The van der Waals surface area contributed by atoms with Crippen molar-refractivity contribution in [1.29, 1.82) is 0 Å². The summed E-state index contributed by atoms with van der Waals surface area (Å²) in [7, 11) is -1.37. The van der Waals surface area contributed by atoms with Crippen LogP contribution in [-0.4, -0.2) is 38.8 Å². The molecule has 1 aliphatic carbocycles. The summed E-state index contributed by atoms with van der Waals surface area (Å²) in [5.41, 5.74) is 6.63. The van der Waals surface area contributed by atoms with Crippen molar-refractivity contribution in [2.24, 2.45) is 11.7 Å². The van der Waals surface area contributed by atoms with Gasteiger partial charge in [-0.05, 0) is 30.5 Å². The summed E-state index contributed by atoms with van der Waals surface area (Å²) in [6.45, 7) is 22.2. The smallest absolute Gasteiger partial charge is 0 e. The molecule has 2 rings (SSSR count). The van der Waals surface area contributed by atoms with Gasteiger partial charge in [0, 0.05) is 31.1 Å². The molecule has 0 heterocycles. The van der Waals surface area contributed by atoms with Gasteiger partial charge in [0.25, 0.3) is 0 Å². The van der Waals surface area contributed by atoms with Gasteiger partial charge in [0.05, 0.1) is 13.2 Å². The maximum atomic E-state index is 12.8. The molecule has 8 nitrogen and oxygen atoms in total. The fourth-order valence-electron chi connectivity index (χ4n) is 3.01. The van der Waals surface area contributed by atoms with Crippen molar-refractivity contribution in [1.82, 2.24) is 0 Å². The number of carbonyl (C=O) groups excluding carboxylic acids is 2. The Hall–Kier alpha value is -2.44. The van der Waals surface area contributed by atoms with E-state index >= 15 is 0 Å². The first-order chi connectivity index (χ1) is 16.2. The molecule has 0 amide bonds. The van der Waals surface area contributed by atoms with Crippen LogP contribution in [0, 0.1) is 25.9 Å². The van der Waals surface area contributed by atoms with Crippen molar-refractivity contribution in [2.75, 3.05) is 13.2 Å². The number of ether oxygens (including phenoxy) is 2. The third-order valence-corrected chi connectivity index (χ3v) is 6.53. The minimum Gasteiger partial charge on any atom is 0 e. The number of nitrogens with two attached hydrogens (primary N) is 1. The normalized spacial score (nSPS) is 15.2. The first kappa shape index (κ1) is 37.1. The molecule has 2 N–H and O–H groups in total. The number of benzene rings is 1. The van der Waals surface area contributed by atoms with Crippen molar-refractivity contribution in [3.8, 4) is 0 Å². The molecule has 1 aromatic carbocycles. The van der Waals surface area contributed by atoms with Crippen LogP contribution in [0.2, 0.25) is 25.7 Å². The molecular formula is C25H31FeNO7Si. The Labute approximate surface area is 219 Å². The summed E-state index contributed by atoms with van der Waals surface area (Å²) in [5.74, 6) is -1.96. The maximum absolute atomic E-state index is 12.8. The minimum atomic E-state index is -1.84. The van der Waals surface area contributed by atoms with Gasteiger partial charge in [0.1, 0.15) is 0 Å². The van der Waals surface area contributed by atoms with Gasteiger partial charge in [-0.1, -0.05) is 68.2 Å². The van der Waals surface area contributed by atoms with Crippen LogP contribution in [0.15, 0.2) is 48.6 Å². The van der Waals surface area contributed by atoms with Gasteiger partial charge in [0.2, 0.25) is 5.54 Å². The second kappa shape index (κ2) is 19.8. The van der Waals surface area contributed by atoms with E-state index in [1.165, 1.54) is 0 Å². The monoisotopic (exact) mass is 541 g/mol. The Morgan fingerprint density at radius 1 is 1.03 bits per heavy atom. The molecule has 2 unspecified atom stereocenters. The Balaban J connectivity index is -0.00000135. The average Bonchev–Trinajstić information content (AvgIpc) is 2.87. The molecule has 1 aromatic rings. The number of hydrogen-bond acceptors (Lipinski definition) is 5. The van der Waals surface area contributed by atoms with Crippen LogP contribution in [0.5, 0.6) is 0 Å². The van der Waals surface area contributed by atoms with Gasteiger partial charge in [-0.3, -0.25) is 0 Å². The third kappa shape index (κ3) is 12.2. The van der Waals surface area contributed by atoms with Gasteiger partial charge in [-0.2, -0.15) is 0 Å². The van der Waals surface area contributed by atoms with Gasteiger partial charge < -0.3 is 15.2 Å². The van der Waals surface area contributed by atoms with E-state index in [9.17, 15) is 9.59 Å². The summed E-state index contributed by atoms with van der Waals surface area (Å²) < 4.78 is 33.1. The predicted octanol–water partition coefficient (Wildman–Crippen LogP) is 3.67. The third-order valence-electron chi connectivity index (χ3n) is 4.83. The van der Waals surface area contributed by atoms with Gasteiger partial charge in [0.15, 0.2) is 0 Å². The second-order valence-corrected chi connectivity index (χ2v) is 13.9. The van der Waals surface area contributed by atoms with Crippen LogP contribution in [0.1, 0.15) is 18.9 Å². The molecule has 0 spiro atoms. The van der Waals surface area contributed by atoms with E-state index < -0.39 is 31.5 Å². The first-order valence-corrected chi connectivity index (χ1v) is 14.1. The molecule has 35 heavy (non-hydrogen) atoms. The zero-order valence-corrected chi connectivity index (χ0v) is 22.4. The Morgan fingerprint density at radius 3 is 1.97 bits per heavy atom. The fraction of sp³-hybridized carbons (Fsp3) is 0.400. The van der Waals surface area contributed by atoms with E-state index in [0.29, 0.717) is 6.42 Å². The van der Waals surface area contributed by atoms with E-state index in [1.807, 2.05) is 48.6 Å². The molecule has 0 aromatic heterocycles. The van der Waals surface area contributed by atoms with Crippen LogP contribution in [-0.2, 0) is 50.1 Å². The minimum absolute atomic E-state index is 0. The number of rotatable bonds is 8. The second-order valence-electron chi connectivity index (χ2n) is 8.26. The van der Waals surface area contributed by atoms with Crippen molar-refractivity contribution >= 4 is 25.6 Å². The van der Waals surface area contributed by atoms with E-state index in [4.69, 9.17) is 29.2 Å². The molecule has 1 aliphatic rings. The van der Waals surface area contributed by atoms with E-state index in [0.717, 1.165) is 17.2 Å². The molecule has 0 saturated heterocycles. The number of hydrogen-bond donors (Lipinski definition) is 1. The van der Waals surface area contributed by atoms with Crippen LogP contribution < -0.4 is 5.73 Å². The molecule has 10 heteroatoms. The number of allylic oxidation sites excluding steroid dienone is 3. The largest absolute Gasteiger partial charge is 0 e. The zero-order valence-electron chi connectivity index (χ0n) is 20.3. The summed E-state index contributed by atoms with van der Waals surface area (Å²) in [4.78, 5) is 25.5. The predicted molar refractivity (Wildman–Crippen MR) is 126 cm³/mol. The zero-order chi connectivity index (χ0) is 26.8. The van der Waals surface area contributed by atoms with Crippen molar-refractivity contribution in [3.63, 3.8) is 0 Å². The number of esters is 2. The summed E-state index contributed by atoms with van der Waals surface area (Å²) in [6, 6.07) is 10.7. The summed E-state index contributed by atoms with van der Waals surface area (Å²) in [5, 5.41) is 0. The molecule has 0 saturated carbocycles. The van der Waals surface area contributed by atoms with Crippen molar-refractivity contribution in [3.05, 3.63) is 74.1 Å². The van der Waals surface area contributed by atoms with Crippen molar-refractivity contribution < 1.29 is 50.1 Å². The van der Waals surface area contributed by atoms with E-state index in [1.54, 1.807) is 6.92 Å². The Morgan fingerprint density at radius 2 is 1.54 bits per heavy atom. The van der Waals surface area contributed by atoms with Crippen molar-refractivity contribution in [2.45, 2.75) is 44.6 Å². The molecule has 0 radical (unpaired) electrons. The summed E-state index contributed by atoms with van der Waals surface area (Å²) in [6.07, 6.45) is 6.17. The van der Waals surface area contributed by atoms with E-state index in [2.05, 4.69) is 39.6 Å². The molecule has 0 aliphatic heterocycles. The van der Waals surface area contributed by atoms with Crippen LogP contribution in [0.3, 0.4) is 0 Å². The average molecular weight is 541 g/mol. The topological polar surface area (TPSA) is 138 Å². The van der Waals surface area contributed by atoms with Crippen LogP contribution in [0.25, 0.3) is 5.57 Å². The summed E-state index contributed by atoms with van der Waals surface area (Å²) >= 11 is 0. The van der Waals surface area contributed by atoms with Crippen LogP contribution >= 0.6 is 0 Å². The first-order valence-electron chi connectivity index (χ1n) is 10.4. The standard InChI is InChI=1S/C22H31NO4Si.3CO.Fe/c1-5-26-20(24)22(23,21(25)27-15-16-28(2,3)4)19-13-11-18(12-14-19)17-9-7-6-8-10-17;3*1-2;/h6-13,19H,5,14-16,23H2,1-4H3;;;;. The van der Waals surface area contributed by atoms with Gasteiger partial charge >= 0.3 is 45.8 Å². The SMILES string of the molecule is CCOC(=O)C(N)(C(=O)OCC[Si](C)(C)C)C1C=CC(c2ccccc2)=CC1.[C-]#[O+].[C-]#[O+].[C-]#[O+].[Fe]. The molecule has 0 bridgehead atoms. The molecular weight excluding hydrogens is 510 g/mol. The Kier molecular flexibility index (Phi) is 21.0. The quantitative estimate of drug-likeness (QED) is 0.176. The van der Waals surface area contributed by atoms with Gasteiger partial charge in [-0.25, -0.2) is 9.59 Å². The van der Waals surface area contributed by atoms with E-state index in [-0.39, 0.29) is 30.3 Å². The Bertz CT molecular complexity index is 874. The molecule has 190 valence electrons. The van der Waals surface area contributed by atoms with Crippen LogP contribution in [0.4, 0.5) is 0 Å². The number of carbonyl (C=O) groups is 2. The molecule has 0 fully saturated rings. The van der Waals surface area contributed by atoms with Gasteiger partial charge in [-0.15, -0.1) is 0 Å². The maximum Gasteiger partial charge on any atom is 0 e. The fourth-order valence-corrected chi connectivity index (χ4v) is 3.72.